The minimum absolute atomic E-state index is 0.222. The first-order valence-electron chi connectivity index (χ1n) is 12.0. The molecule has 0 radical (unpaired) electrons. The molecule has 34 heavy (non-hydrogen) atoms. The highest BCUT2D eigenvalue weighted by atomic mass is 16.2. The third kappa shape index (κ3) is 4.89. The van der Waals surface area contributed by atoms with Crippen molar-refractivity contribution in [2.75, 3.05) is 50.7 Å². The smallest absolute Gasteiger partial charge is 0.236 e. The van der Waals surface area contributed by atoms with Gasteiger partial charge in [-0.1, -0.05) is 18.2 Å². The molecule has 0 unspecified atom stereocenters. The van der Waals surface area contributed by atoms with E-state index in [1.807, 2.05) is 40.2 Å². The fraction of sp³-hybridized carbons (Fsp3) is 0.370. The van der Waals surface area contributed by atoms with Crippen molar-refractivity contribution in [3.8, 4) is 5.69 Å². The van der Waals surface area contributed by atoms with Crippen LogP contribution in [-0.2, 0) is 4.79 Å². The van der Waals surface area contributed by atoms with Gasteiger partial charge >= 0.3 is 0 Å². The van der Waals surface area contributed by atoms with Gasteiger partial charge in [0.2, 0.25) is 5.91 Å². The van der Waals surface area contributed by atoms with Crippen LogP contribution >= 0.6 is 0 Å². The Morgan fingerprint density at radius 1 is 1.00 bits per heavy atom. The quantitative estimate of drug-likeness (QED) is 0.590. The van der Waals surface area contributed by atoms with Gasteiger partial charge in [0, 0.05) is 57.2 Å². The van der Waals surface area contributed by atoms with E-state index in [1.165, 1.54) is 16.7 Å². The Balaban J connectivity index is 1.14. The van der Waals surface area contributed by atoms with Crippen molar-refractivity contribution >= 4 is 17.3 Å². The largest absolute Gasteiger partial charge is 0.353 e. The summed E-state index contributed by atoms with van der Waals surface area (Å²) in [4.78, 5) is 23.8. The molecule has 2 aromatic heterocycles. The van der Waals surface area contributed by atoms with E-state index in [1.54, 1.807) is 0 Å². The van der Waals surface area contributed by atoms with Gasteiger partial charge < -0.3 is 9.80 Å². The van der Waals surface area contributed by atoms with Crippen LogP contribution < -0.4 is 4.90 Å². The highest BCUT2D eigenvalue weighted by Gasteiger charge is 2.24. The molecule has 5 rings (SSSR count). The number of hydrogen-bond acceptors (Lipinski definition) is 5. The molecule has 7 nitrogen and oxygen atoms in total. The third-order valence-corrected chi connectivity index (χ3v) is 6.97. The van der Waals surface area contributed by atoms with Crippen LogP contribution in [0.1, 0.15) is 23.1 Å². The normalized spacial score (nSPS) is 17.1. The van der Waals surface area contributed by atoms with Crippen LogP contribution in [-0.4, -0.2) is 76.3 Å². The highest BCUT2D eigenvalue weighted by molar-refractivity contribution is 5.79. The lowest BCUT2D eigenvalue weighted by molar-refractivity contribution is -0.132. The topological polar surface area (TPSA) is 57.5 Å². The van der Waals surface area contributed by atoms with Crippen LogP contribution in [0.4, 0.5) is 5.82 Å². The Morgan fingerprint density at radius 2 is 1.85 bits per heavy atom. The van der Waals surface area contributed by atoms with E-state index < -0.39 is 0 Å². The fourth-order valence-electron chi connectivity index (χ4n) is 4.63. The number of carbonyl (C=O) groups is 1. The lowest BCUT2D eigenvalue weighted by Crippen LogP contribution is -2.51. The van der Waals surface area contributed by atoms with Gasteiger partial charge in [0.25, 0.3) is 0 Å². The molecular formula is C27H32N6O. The van der Waals surface area contributed by atoms with E-state index in [0.717, 1.165) is 62.8 Å². The summed E-state index contributed by atoms with van der Waals surface area (Å²) in [5.74, 6) is 1.21. The molecule has 0 aliphatic carbocycles. The number of hydrogen-bond donors (Lipinski definition) is 0. The summed E-state index contributed by atoms with van der Waals surface area (Å²) >= 11 is 0. The molecular weight excluding hydrogens is 424 g/mol. The lowest BCUT2D eigenvalue weighted by atomic mass is 10.0. The van der Waals surface area contributed by atoms with Gasteiger partial charge in [0.15, 0.2) is 0 Å². The van der Waals surface area contributed by atoms with E-state index in [4.69, 9.17) is 0 Å². The summed E-state index contributed by atoms with van der Waals surface area (Å²) < 4.78 is 1.95. The first-order chi connectivity index (χ1) is 16.6. The molecule has 1 fully saturated rings. The standard InChI is InChI=1S/C27H32N6O/c1-21-6-7-25(17-22(21)2)33-19-24(18-29-33)23-8-11-30(12-9-23)20-27(34)32-15-13-31(14-16-32)26-5-3-4-10-28-26/h3-8,10,17-19H,9,11-16,20H2,1-2H3. The first-order valence-corrected chi connectivity index (χ1v) is 12.0. The summed E-state index contributed by atoms with van der Waals surface area (Å²) in [6.07, 6.45) is 9.05. The molecule has 2 aliphatic rings. The van der Waals surface area contributed by atoms with E-state index in [-0.39, 0.29) is 5.91 Å². The monoisotopic (exact) mass is 456 g/mol. The van der Waals surface area contributed by atoms with E-state index in [9.17, 15) is 4.79 Å². The van der Waals surface area contributed by atoms with Gasteiger partial charge in [-0.15, -0.1) is 0 Å². The zero-order chi connectivity index (χ0) is 23.5. The molecule has 7 heteroatoms. The Morgan fingerprint density at radius 3 is 2.56 bits per heavy atom. The maximum Gasteiger partial charge on any atom is 0.236 e. The molecule has 2 aliphatic heterocycles. The second-order valence-corrected chi connectivity index (χ2v) is 9.21. The van der Waals surface area contributed by atoms with Gasteiger partial charge in [-0.05, 0) is 61.2 Å². The second-order valence-electron chi connectivity index (χ2n) is 9.21. The van der Waals surface area contributed by atoms with Crippen LogP contribution in [0.2, 0.25) is 0 Å². The van der Waals surface area contributed by atoms with Crippen molar-refractivity contribution in [1.29, 1.82) is 0 Å². The molecule has 1 saturated heterocycles. The number of carbonyl (C=O) groups excluding carboxylic acids is 1. The van der Waals surface area contributed by atoms with Crippen LogP contribution in [0, 0.1) is 13.8 Å². The van der Waals surface area contributed by atoms with Crippen molar-refractivity contribution in [1.82, 2.24) is 24.6 Å². The van der Waals surface area contributed by atoms with Crippen molar-refractivity contribution in [3.63, 3.8) is 0 Å². The predicted molar refractivity (Wildman–Crippen MR) is 135 cm³/mol. The molecule has 176 valence electrons. The van der Waals surface area contributed by atoms with E-state index in [2.05, 4.69) is 64.2 Å². The second kappa shape index (κ2) is 9.81. The molecule has 0 saturated carbocycles. The zero-order valence-corrected chi connectivity index (χ0v) is 20.0. The Bertz CT molecular complexity index is 1180. The van der Waals surface area contributed by atoms with Crippen LogP contribution in [0.25, 0.3) is 11.3 Å². The SMILES string of the molecule is Cc1ccc(-n2cc(C3=CCN(CC(=O)N4CCN(c5ccccn5)CC4)CC3)cn2)cc1C. The van der Waals surface area contributed by atoms with Gasteiger partial charge in [-0.25, -0.2) is 9.67 Å². The van der Waals surface area contributed by atoms with Crippen molar-refractivity contribution in [3.05, 3.63) is 77.8 Å². The number of nitrogens with zero attached hydrogens (tertiary/aromatic N) is 6. The minimum atomic E-state index is 0.222. The van der Waals surface area contributed by atoms with Gasteiger partial charge in [0.05, 0.1) is 18.4 Å². The van der Waals surface area contributed by atoms with Crippen molar-refractivity contribution in [2.24, 2.45) is 0 Å². The number of piperazine rings is 1. The molecule has 1 amide bonds. The summed E-state index contributed by atoms with van der Waals surface area (Å²) in [6.45, 7) is 9.58. The summed E-state index contributed by atoms with van der Waals surface area (Å²) in [5.41, 5.74) is 6.11. The Kier molecular flexibility index (Phi) is 6.45. The number of rotatable bonds is 5. The molecule has 4 heterocycles. The number of benzene rings is 1. The van der Waals surface area contributed by atoms with Gasteiger partial charge in [0.1, 0.15) is 5.82 Å². The fourth-order valence-corrected chi connectivity index (χ4v) is 4.63. The average molecular weight is 457 g/mol. The summed E-state index contributed by atoms with van der Waals surface area (Å²) in [7, 11) is 0. The van der Waals surface area contributed by atoms with Gasteiger partial charge in [-0.3, -0.25) is 9.69 Å². The Labute approximate surface area is 201 Å². The van der Waals surface area contributed by atoms with Crippen molar-refractivity contribution in [2.45, 2.75) is 20.3 Å². The number of aromatic nitrogens is 3. The first kappa shape index (κ1) is 22.3. The zero-order valence-electron chi connectivity index (χ0n) is 20.0. The third-order valence-electron chi connectivity index (χ3n) is 6.97. The van der Waals surface area contributed by atoms with Crippen LogP contribution in [0.5, 0.6) is 0 Å². The molecule has 0 N–H and O–H groups in total. The maximum atomic E-state index is 12.9. The van der Waals surface area contributed by atoms with Crippen LogP contribution in [0.3, 0.4) is 0 Å². The number of anilines is 1. The summed E-state index contributed by atoms with van der Waals surface area (Å²) in [5, 5.41) is 4.58. The molecule has 0 atom stereocenters. The number of aryl methyl sites for hydroxylation is 2. The number of amides is 1. The van der Waals surface area contributed by atoms with Crippen LogP contribution in [0.15, 0.2) is 61.1 Å². The minimum Gasteiger partial charge on any atom is -0.353 e. The van der Waals surface area contributed by atoms with E-state index in [0.29, 0.717) is 6.54 Å². The van der Waals surface area contributed by atoms with Gasteiger partial charge in [-0.2, -0.15) is 5.10 Å². The molecule has 3 aromatic rings. The maximum absolute atomic E-state index is 12.9. The number of pyridine rings is 1. The summed E-state index contributed by atoms with van der Waals surface area (Å²) in [6, 6.07) is 12.4. The molecule has 1 aromatic carbocycles. The molecule has 0 bridgehead atoms. The highest BCUT2D eigenvalue weighted by Crippen LogP contribution is 2.23. The Hall–Kier alpha value is -3.45. The average Bonchev–Trinajstić information content (AvgIpc) is 3.37. The van der Waals surface area contributed by atoms with E-state index >= 15 is 0 Å². The predicted octanol–water partition coefficient (Wildman–Crippen LogP) is 3.32. The lowest BCUT2D eigenvalue weighted by Gasteiger charge is -2.36. The molecule has 0 spiro atoms. The van der Waals surface area contributed by atoms with Crippen molar-refractivity contribution < 1.29 is 4.79 Å².